The number of carboxylic acids is 1. The number of nitrogens with one attached hydrogen (secondary N) is 2. The standard InChI is InChI=1S/C31H32ClN3O5/c1-31(2,3)40-30(39)34-14-13-33-28(36)27-17-23-16-21(15-22-10-11-24(32)18-25(22)29(37)38)9-12-26(23)35(27)19-20-7-5-4-6-8-20/h4-12,16-18H,13-15,19H2,1-3H3,(H,33,36)(H,34,39)(H,37,38). The first kappa shape index (κ1) is 28.7. The van der Waals surface area contributed by atoms with Gasteiger partial charge in [0.2, 0.25) is 0 Å². The van der Waals surface area contributed by atoms with Crippen LogP contribution in [0.4, 0.5) is 4.79 Å². The molecule has 0 saturated heterocycles. The average Bonchev–Trinajstić information content (AvgIpc) is 3.24. The molecule has 4 rings (SSSR count). The number of alkyl carbamates (subject to hydrolysis) is 1. The molecular weight excluding hydrogens is 530 g/mol. The van der Waals surface area contributed by atoms with E-state index in [-0.39, 0.29) is 24.6 Å². The van der Waals surface area contributed by atoms with Crippen LogP contribution >= 0.6 is 11.6 Å². The molecule has 0 aliphatic heterocycles. The molecule has 0 bridgehead atoms. The second-order valence-electron chi connectivity index (χ2n) is 10.5. The van der Waals surface area contributed by atoms with Gasteiger partial charge in [-0.3, -0.25) is 4.79 Å². The molecule has 3 aromatic carbocycles. The maximum Gasteiger partial charge on any atom is 0.407 e. The molecule has 2 amide bonds. The Bertz CT molecular complexity index is 1540. The normalized spacial score (nSPS) is 11.3. The van der Waals surface area contributed by atoms with E-state index in [2.05, 4.69) is 10.6 Å². The summed E-state index contributed by atoms with van der Waals surface area (Å²) in [4.78, 5) is 36.9. The van der Waals surface area contributed by atoms with Gasteiger partial charge in [0.1, 0.15) is 11.3 Å². The summed E-state index contributed by atoms with van der Waals surface area (Å²) >= 11 is 6.01. The molecule has 40 heavy (non-hydrogen) atoms. The minimum atomic E-state index is -1.03. The molecule has 8 nitrogen and oxygen atoms in total. The molecule has 0 aliphatic rings. The Morgan fingerprint density at radius 3 is 2.33 bits per heavy atom. The zero-order chi connectivity index (χ0) is 28.9. The molecule has 0 spiro atoms. The molecular formula is C31H32ClN3O5. The summed E-state index contributed by atoms with van der Waals surface area (Å²) in [6.07, 6.45) is -0.143. The Morgan fingerprint density at radius 2 is 1.62 bits per heavy atom. The van der Waals surface area contributed by atoms with Gasteiger partial charge in [-0.2, -0.15) is 0 Å². The van der Waals surface area contributed by atoms with Crippen molar-refractivity contribution in [3.63, 3.8) is 0 Å². The van der Waals surface area contributed by atoms with E-state index in [9.17, 15) is 19.5 Å². The largest absolute Gasteiger partial charge is 0.478 e. The van der Waals surface area contributed by atoms with Crippen LogP contribution < -0.4 is 10.6 Å². The highest BCUT2D eigenvalue weighted by molar-refractivity contribution is 6.31. The summed E-state index contributed by atoms with van der Waals surface area (Å²) in [7, 11) is 0. The van der Waals surface area contributed by atoms with E-state index < -0.39 is 17.7 Å². The van der Waals surface area contributed by atoms with Gasteiger partial charge in [0.25, 0.3) is 5.91 Å². The second-order valence-corrected chi connectivity index (χ2v) is 10.9. The van der Waals surface area contributed by atoms with Gasteiger partial charge in [-0.15, -0.1) is 0 Å². The first-order valence-corrected chi connectivity index (χ1v) is 13.3. The number of aromatic nitrogens is 1. The van der Waals surface area contributed by atoms with E-state index >= 15 is 0 Å². The lowest BCUT2D eigenvalue weighted by Crippen LogP contribution is -2.38. The number of aromatic carboxylic acids is 1. The summed E-state index contributed by atoms with van der Waals surface area (Å²) in [5, 5.41) is 16.4. The Balaban J connectivity index is 1.57. The van der Waals surface area contributed by atoms with Crippen LogP contribution in [0.15, 0.2) is 72.8 Å². The van der Waals surface area contributed by atoms with Crippen molar-refractivity contribution in [3.05, 3.63) is 106 Å². The van der Waals surface area contributed by atoms with Crippen LogP contribution in [-0.4, -0.2) is 46.3 Å². The predicted molar refractivity (Wildman–Crippen MR) is 155 cm³/mol. The number of rotatable bonds is 9. The topological polar surface area (TPSA) is 110 Å². The number of carbonyl (C=O) groups excluding carboxylic acids is 2. The fourth-order valence-corrected chi connectivity index (χ4v) is 4.59. The number of ether oxygens (including phenoxy) is 1. The summed E-state index contributed by atoms with van der Waals surface area (Å²) in [6.45, 7) is 6.29. The zero-order valence-corrected chi connectivity index (χ0v) is 23.4. The Kier molecular flexibility index (Phi) is 8.80. The number of benzene rings is 3. The number of carbonyl (C=O) groups is 3. The number of nitrogens with zero attached hydrogens (tertiary/aromatic N) is 1. The maximum absolute atomic E-state index is 13.3. The van der Waals surface area contributed by atoms with Crippen LogP contribution in [0.2, 0.25) is 5.02 Å². The lowest BCUT2D eigenvalue weighted by atomic mass is 9.99. The van der Waals surface area contributed by atoms with Gasteiger partial charge in [0.05, 0.1) is 5.56 Å². The van der Waals surface area contributed by atoms with Crippen LogP contribution in [0.1, 0.15) is 58.3 Å². The molecule has 9 heteroatoms. The minimum absolute atomic E-state index is 0.161. The fraction of sp³-hybridized carbons (Fsp3) is 0.258. The van der Waals surface area contributed by atoms with Crippen molar-refractivity contribution in [3.8, 4) is 0 Å². The van der Waals surface area contributed by atoms with E-state index in [1.807, 2.05) is 59.2 Å². The lowest BCUT2D eigenvalue weighted by molar-refractivity contribution is 0.0526. The molecule has 0 aliphatic carbocycles. The Labute approximate surface area is 237 Å². The van der Waals surface area contributed by atoms with Gasteiger partial charge >= 0.3 is 12.1 Å². The minimum Gasteiger partial charge on any atom is -0.478 e. The van der Waals surface area contributed by atoms with Crippen molar-refractivity contribution in [2.24, 2.45) is 0 Å². The van der Waals surface area contributed by atoms with Gasteiger partial charge in [-0.1, -0.05) is 54.1 Å². The molecule has 4 aromatic rings. The molecule has 208 valence electrons. The van der Waals surface area contributed by atoms with Gasteiger partial charge in [0, 0.05) is 35.6 Å². The molecule has 0 atom stereocenters. The lowest BCUT2D eigenvalue weighted by Gasteiger charge is -2.19. The highest BCUT2D eigenvalue weighted by Crippen LogP contribution is 2.26. The third kappa shape index (κ3) is 7.42. The summed E-state index contributed by atoms with van der Waals surface area (Å²) in [6, 6.07) is 22.4. The second kappa shape index (κ2) is 12.3. The van der Waals surface area contributed by atoms with Crippen molar-refractivity contribution in [2.45, 2.75) is 39.3 Å². The van der Waals surface area contributed by atoms with Gasteiger partial charge in [-0.25, -0.2) is 9.59 Å². The molecule has 1 aromatic heterocycles. The van der Waals surface area contributed by atoms with Gasteiger partial charge < -0.3 is 25.0 Å². The number of halogens is 1. The molecule has 0 saturated carbocycles. The van der Waals surface area contributed by atoms with Crippen LogP contribution in [-0.2, 0) is 17.7 Å². The molecule has 0 radical (unpaired) electrons. The van der Waals surface area contributed by atoms with Crippen LogP contribution in [0.5, 0.6) is 0 Å². The number of hydrogen-bond donors (Lipinski definition) is 3. The van der Waals surface area contributed by atoms with Crippen molar-refractivity contribution in [1.82, 2.24) is 15.2 Å². The average molecular weight is 562 g/mol. The highest BCUT2D eigenvalue weighted by Gasteiger charge is 2.18. The van der Waals surface area contributed by atoms with E-state index in [0.29, 0.717) is 29.2 Å². The summed E-state index contributed by atoms with van der Waals surface area (Å²) < 4.78 is 7.18. The van der Waals surface area contributed by atoms with E-state index in [1.165, 1.54) is 6.07 Å². The molecule has 3 N–H and O–H groups in total. The number of carboxylic acid groups (broad SMARTS) is 1. The Hall–Kier alpha value is -4.30. The molecule has 1 heterocycles. The third-order valence-electron chi connectivity index (χ3n) is 6.16. The highest BCUT2D eigenvalue weighted by atomic mass is 35.5. The van der Waals surface area contributed by atoms with Crippen LogP contribution in [0.25, 0.3) is 10.9 Å². The third-order valence-corrected chi connectivity index (χ3v) is 6.39. The van der Waals surface area contributed by atoms with E-state index in [0.717, 1.165) is 22.0 Å². The van der Waals surface area contributed by atoms with E-state index in [1.54, 1.807) is 32.9 Å². The van der Waals surface area contributed by atoms with Crippen LogP contribution in [0.3, 0.4) is 0 Å². The summed E-state index contributed by atoms with van der Waals surface area (Å²) in [5.74, 6) is -1.31. The number of hydrogen-bond acceptors (Lipinski definition) is 4. The van der Waals surface area contributed by atoms with Crippen molar-refractivity contribution < 1.29 is 24.2 Å². The van der Waals surface area contributed by atoms with Crippen molar-refractivity contribution >= 4 is 40.5 Å². The maximum atomic E-state index is 13.3. The number of fused-ring (bicyclic) bond motifs is 1. The SMILES string of the molecule is CC(C)(C)OC(=O)NCCNC(=O)c1cc2cc(Cc3ccc(Cl)cc3C(=O)O)ccc2n1Cc1ccccc1. The first-order valence-electron chi connectivity index (χ1n) is 12.9. The predicted octanol–water partition coefficient (Wildman–Crippen LogP) is 5.89. The number of amides is 2. The molecule has 0 fully saturated rings. The van der Waals surface area contributed by atoms with E-state index in [4.69, 9.17) is 16.3 Å². The summed E-state index contributed by atoms with van der Waals surface area (Å²) in [5.41, 5.74) is 3.50. The Morgan fingerprint density at radius 1 is 0.900 bits per heavy atom. The smallest absolute Gasteiger partial charge is 0.407 e. The first-order chi connectivity index (χ1) is 19.0. The quantitative estimate of drug-likeness (QED) is 0.221. The van der Waals surface area contributed by atoms with Crippen molar-refractivity contribution in [1.29, 1.82) is 0 Å². The van der Waals surface area contributed by atoms with Crippen LogP contribution in [0, 0.1) is 0 Å². The van der Waals surface area contributed by atoms with Gasteiger partial charge in [-0.05, 0) is 74.2 Å². The zero-order valence-electron chi connectivity index (χ0n) is 22.7. The van der Waals surface area contributed by atoms with Crippen molar-refractivity contribution in [2.75, 3.05) is 13.1 Å². The monoisotopic (exact) mass is 561 g/mol. The fourth-order valence-electron chi connectivity index (χ4n) is 4.42. The molecule has 0 unspecified atom stereocenters. The van der Waals surface area contributed by atoms with Gasteiger partial charge in [0.15, 0.2) is 0 Å².